The zero-order valence-electron chi connectivity index (χ0n) is 16.3. The van der Waals surface area contributed by atoms with Gasteiger partial charge in [0.05, 0.1) is 25.6 Å². The van der Waals surface area contributed by atoms with Crippen molar-refractivity contribution in [1.82, 2.24) is 18.8 Å². The van der Waals surface area contributed by atoms with Crippen molar-refractivity contribution in [2.75, 3.05) is 32.8 Å². The number of aliphatic carboxylic acids is 1. The van der Waals surface area contributed by atoms with E-state index in [-0.39, 0.29) is 23.0 Å². The second-order valence-electron chi connectivity index (χ2n) is 6.81. The molecule has 2 aliphatic rings. The highest BCUT2D eigenvalue weighted by Gasteiger charge is 2.51. The predicted octanol–water partition coefficient (Wildman–Crippen LogP) is 0.783. The minimum Gasteiger partial charge on any atom is -0.475 e. The van der Waals surface area contributed by atoms with Gasteiger partial charge in [0, 0.05) is 31.7 Å². The van der Waals surface area contributed by atoms with Crippen LogP contribution in [-0.4, -0.2) is 89.4 Å². The van der Waals surface area contributed by atoms with E-state index in [0.717, 1.165) is 13.1 Å². The van der Waals surface area contributed by atoms with Crippen LogP contribution in [0.1, 0.15) is 13.8 Å². The van der Waals surface area contributed by atoms with Crippen molar-refractivity contribution >= 4 is 16.0 Å². The van der Waals surface area contributed by atoms with E-state index in [4.69, 9.17) is 14.6 Å². The first kappa shape index (κ1) is 23.6. The molecule has 0 radical (unpaired) electrons. The molecule has 1 N–H and O–H groups in total. The van der Waals surface area contributed by atoms with Gasteiger partial charge >= 0.3 is 12.1 Å². The topological polar surface area (TPSA) is 105 Å². The van der Waals surface area contributed by atoms with Gasteiger partial charge in [-0.25, -0.2) is 18.2 Å². The number of aryl methyl sites for hydroxylation is 1. The lowest BCUT2D eigenvalue weighted by molar-refractivity contribution is -0.192. The summed E-state index contributed by atoms with van der Waals surface area (Å²) in [5.41, 5.74) is 0. The monoisotopic (exact) mass is 442 g/mol. The van der Waals surface area contributed by atoms with Crippen LogP contribution in [0.25, 0.3) is 0 Å². The van der Waals surface area contributed by atoms with Crippen molar-refractivity contribution in [2.45, 2.75) is 37.1 Å². The molecular formula is C16H25F3N4O5S. The lowest BCUT2D eigenvalue weighted by Gasteiger charge is -2.29. The molecule has 2 aliphatic heterocycles. The zero-order valence-corrected chi connectivity index (χ0v) is 17.1. The highest BCUT2D eigenvalue weighted by Crippen LogP contribution is 2.36. The molecule has 1 aromatic rings. The second kappa shape index (κ2) is 8.98. The van der Waals surface area contributed by atoms with Crippen molar-refractivity contribution in [3.05, 3.63) is 12.5 Å². The summed E-state index contributed by atoms with van der Waals surface area (Å²) in [6, 6.07) is 0.151. The largest absolute Gasteiger partial charge is 0.490 e. The van der Waals surface area contributed by atoms with Gasteiger partial charge in [0.1, 0.15) is 0 Å². The molecule has 29 heavy (non-hydrogen) atoms. The minimum absolute atomic E-state index is 0.0717. The number of carboxylic acid groups (broad SMARTS) is 1. The number of aromatic nitrogens is 2. The summed E-state index contributed by atoms with van der Waals surface area (Å²) in [5.74, 6) is -2.51. The molecule has 0 spiro atoms. The SMILES string of the molecule is CCN(CC)[C@@H]1CN(S(=O)(=O)c2cn(C)cn2)[C@@H]2COC[C@H]12.O=C(O)C(F)(F)F. The quantitative estimate of drug-likeness (QED) is 0.719. The van der Waals surface area contributed by atoms with Crippen LogP contribution in [0.4, 0.5) is 13.2 Å². The van der Waals surface area contributed by atoms with Crippen LogP contribution in [0.5, 0.6) is 0 Å². The average molecular weight is 442 g/mol. The number of rotatable bonds is 5. The van der Waals surface area contributed by atoms with E-state index in [9.17, 15) is 21.6 Å². The Hall–Kier alpha value is -1.70. The second-order valence-corrected chi connectivity index (χ2v) is 8.65. The van der Waals surface area contributed by atoms with Crippen molar-refractivity contribution in [2.24, 2.45) is 13.0 Å². The fourth-order valence-electron chi connectivity index (χ4n) is 3.68. The van der Waals surface area contributed by atoms with E-state index < -0.39 is 22.2 Å². The molecule has 0 bridgehead atoms. The van der Waals surface area contributed by atoms with Gasteiger partial charge in [0.2, 0.25) is 0 Å². The average Bonchev–Trinajstić information content (AvgIpc) is 3.33. The third-order valence-electron chi connectivity index (χ3n) is 5.10. The molecule has 13 heteroatoms. The Bertz CT molecular complexity index is 810. The molecule has 0 saturated carbocycles. The van der Waals surface area contributed by atoms with Gasteiger partial charge in [-0.1, -0.05) is 13.8 Å². The Morgan fingerprint density at radius 1 is 1.34 bits per heavy atom. The third-order valence-corrected chi connectivity index (χ3v) is 6.88. The fourth-order valence-corrected chi connectivity index (χ4v) is 5.32. The number of imidazole rings is 1. The number of carboxylic acids is 1. The molecule has 9 nitrogen and oxygen atoms in total. The van der Waals surface area contributed by atoms with E-state index >= 15 is 0 Å². The molecule has 166 valence electrons. The standard InChI is InChI=1S/C14H24N4O3S.C2HF3O2/c1-4-17(5-2)12-6-18(13-9-21-8-11(12)13)22(19,20)14-7-16(3)10-15-14;3-2(4,5)1(6)7/h7,10-13H,4-6,8-9H2,1-3H3;(H,6,7)/t11-,12-,13-;/m1./s1. The van der Waals surface area contributed by atoms with Crippen molar-refractivity contribution in [3.8, 4) is 0 Å². The minimum atomic E-state index is -5.08. The van der Waals surface area contributed by atoms with E-state index in [2.05, 4.69) is 23.7 Å². The molecular weight excluding hydrogens is 417 g/mol. The number of sulfonamides is 1. The highest BCUT2D eigenvalue weighted by atomic mass is 32.2. The van der Waals surface area contributed by atoms with E-state index in [1.54, 1.807) is 22.1 Å². The zero-order chi connectivity index (χ0) is 22.0. The number of hydrogen-bond donors (Lipinski definition) is 1. The third kappa shape index (κ3) is 5.08. The Morgan fingerprint density at radius 2 is 1.93 bits per heavy atom. The maximum Gasteiger partial charge on any atom is 0.490 e. The van der Waals surface area contributed by atoms with Crippen LogP contribution in [0, 0.1) is 5.92 Å². The predicted molar refractivity (Wildman–Crippen MR) is 95.6 cm³/mol. The van der Waals surface area contributed by atoms with Gasteiger partial charge in [-0.2, -0.15) is 17.5 Å². The number of nitrogens with zero attached hydrogens (tertiary/aromatic N) is 4. The summed E-state index contributed by atoms with van der Waals surface area (Å²) in [6.45, 7) is 7.71. The normalized spacial score (nSPS) is 25.0. The van der Waals surface area contributed by atoms with Crippen LogP contribution in [0.3, 0.4) is 0 Å². The van der Waals surface area contributed by atoms with Gasteiger partial charge in [0.15, 0.2) is 5.03 Å². The molecule has 1 aromatic heterocycles. The molecule has 2 saturated heterocycles. The molecule has 3 heterocycles. The molecule has 0 amide bonds. The van der Waals surface area contributed by atoms with Gasteiger partial charge in [-0.15, -0.1) is 0 Å². The lowest BCUT2D eigenvalue weighted by atomic mass is 9.98. The fraction of sp³-hybridized carbons (Fsp3) is 0.750. The first-order valence-electron chi connectivity index (χ1n) is 9.05. The van der Waals surface area contributed by atoms with Crippen molar-refractivity contribution < 1.29 is 36.2 Å². The van der Waals surface area contributed by atoms with Crippen LogP contribution in [-0.2, 0) is 26.6 Å². The van der Waals surface area contributed by atoms with Gasteiger partial charge in [-0.05, 0) is 13.1 Å². The Labute approximate surface area is 167 Å². The molecule has 0 aromatic carbocycles. The van der Waals surface area contributed by atoms with E-state index in [1.165, 1.54) is 6.33 Å². The molecule has 3 rings (SSSR count). The number of alkyl halides is 3. The Balaban J connectivity index is 0.000000370. The smallest absolute Gasteiger partial charge is 0.475 e. The lowest BCUT2D eigenvalue weighted by Crippen LogP contribution is -2.42. The Morgan fingerprint density at radius 3 is 2.38 bits per heavy atom. The number of ether oxygens (including phenoxy) is 1. The van der Waals surface area contributed by atoms with Crippen LogP contribution in [0.2, 0.25) is 0 Å². The van der Waals surface area contributed by atoms with Crippen LogP contribution < -0.4 is 0 Å². The Kier molecular flexibility index (Phi) is 7.30. The number of fused-ring (bicyclic) bond motifs is 1. The summed E-state index contributed by atoms with van der Waals surface area (Å²) >= 11 is 0. The molecule has 0 unspecified atom stereocenters. The summed E-state index contributed by atoms with van der Waals surface area (Å²) in [6.07, 6.45) is -2.00. The first-order valence-corrected chi connectivity index (χ1v) is 10.5. The number of likely N-dealkylation sites (N-methyl/N-ethyl adjacent to an activating group) is 1. The summed E-state index contributed by atoms with van der Waals surface area (Å²) < 4.78 is 66.4. The molecule has 3 atom stereocenters. The van der Waals surface area contributed by atoms with Crippen LogP contribution in [0.15, 0.2) is 17.6 Å². The number of halogens is 3. The highest BCUT2D eigenvalue weighted by molar-refractivity contribution is 7.89. The van der Waals surface area contributed by atoms with Gasteiger partial charge in [0.25, 0.3) is 10.0 Å². The number of carbonyl (C=O) groups is 1. The maximum atomic E-state index is 12.9. The molecule has 0 aliphatic carbocycles. The van der Waals surface area contributed by atoms with Crippen LogP contribution >= 0.6 is 0 Å². The maximum absolute atomic E-state index is 12.9. The summed E-state index contributed by atoms with van der Waals surface area (Å²) in [4.78, 5) is 15.3. The van der Waals surface area contributed by atoms with E-state index in [0.29, 0.717) is 19.8 Å². The van der Waals surface area contributed by atoms with Gasteiger partial charge in [-0.3, -0.25) is 4.90 Å². The van der Waals surface area contributed by atoms with Gasteiger partial charge < -0.3 is 14.4 Å². The van der Waals surface area contributed by atoms with Crippen molar-refractivity contribution in [1.29, 1.82) is 0 Å². The van der Waals surface area contributed by atoms with Crippen molar-refractivity contribution in [3.63, 3.8) is 0 Å². The summed E-state index contributed by atoms with van der Waals surface area (Å²) in [7, 11) is -1.79. The van der Waals surface area contributed by atoms with E-state index in [1.807, 2.05) is 0 Å². The molecule has 2 fully saturated rings. The first-order chi connectivity index (χ1) is 13.4. The number of hydrogen-bond acceptors (Lipinski definition) is 6. The summed E-state index contributed by atoms with van der Waals surface area (Å²) in [5, 5.41) is 7.25.